The zero-order valence-corrected chi connectivity index (χ0v) is 28.6. The fourth-order valence-corrected chi connectivity index (χ4v) is 6.35. The molecule has 0 amide bonds. The Balaban J connectivity index is 1.39. The predicted molar refractivity (Wildman–Crippen MR) is 183 cm³/mol. The molecular weight excluding hydrogens is 616 g/mol. The van der Waals surface area contributed by atoms with E-state index in [1.54, 1.807) is 50.8 Å². The third-order valence-electron chi connectivity index (χ3n) is 7.76. The number of thiazole rings is 1. The Morgan fingerprint density at radius 1 is 0.915 bits per heavy atom. The van der Waals surface area contributed by atoms with Gasteiger partial charge in [-0.3, -0.25) is 9.36 Å². The summed E-state index contributed by atoms with van der Waals surface area (Å²) in [5.74, 6) is 2.03. The smallest absolute Gasteiger partial charge is 0.338 e. The largest absolute Gasteiger partial charge is 0.497 e. The maximum absolute atomic E-state index is 14.0. The minimum Gasteiger partial charge on any atom is -0.497 e. The van der Waals surface area contributed by atoms with Gasteiger partial charge in [-0.15, -0.1) is 0 Å². The number of allylic oxidation sites excluding steroid dienone is 1. The van der Waals surface area contributed by atoms with Gasteiger partial charge in [0.1, 0.15) is 24.7 Å². The highest BCUT2D eigenvalue weighted by molar-refractivity contribution is 7.07. The molecule has 0 saturated heterocycles. The molecule has 10 heteroatoms. The van der Waals surface area contributed by atoms with Crippen molar-refractivity contribution in [2.45, 2.75) is 46.1 Å². The fraction of sp³-hybridized carbons (Fsp3) is 0.324. The lowest BCUT2D eigenvalue weighted by molar-refractivity contribution is -0.139. The van der Waals surface area contributed by atoms with Gasteiger partial charge in [0.05, 0.1) is 42.7 Å². The molecule has 1 aliphatic heterocycles. The monoisotopic (exact) mass is 656 g/mol. The number of hydrogen-bond acceptors (Lipinski definition) is 9. The van der Waals surface area contributed by atoms with Crippen molar-refractivity contribution in [3.8, 4) is 23.0 Å². The zero-order chi connectivity index (χ0) is 33.7. The van der Waals surface area contributed by atoms with Crippen molar-refractivity contribution < 1.29 is 28.5 Å². The lowest BCUT2D eigenvalue weighted by Crippen LogP contribution is -2.39. The Morgan fingerprint density at radius 3 is 2.23 bits per heavy atom. The van der Waals surface area contributed by atoms with Crippen LogP contribution in [0.2, 0.25) is 0 Å². The summed E-state index contributed by atoms with van der Waals surface area (Å²) in [4.78, 5) is 32.2. The molecule has 0 saturated carbocycles. The van der Waals surface area contributed by atoms with Crippen LogP contribution in [0.4, 0.5) is 0 Å². The molecule has 1 atom stereocenters. The highest BCUT2D eigenvalue weighted by atomic mass is 32.1. The molecule has 2 heterocycles. The summed E-state index contributed by atoms with van der Waals surface area (Å²) in [5, 5.41) is 0. The first-order chi connectivity index (χ1) is 22.5. The van der Waals surface area contributed by atoms with Crippen LogP contribution in [0.25, 0.3) is 6.08 Å². The maximum Gasteiger partial charge on any atom is 0.338 e. The third-order valence-corrected chi connectivity index (χ3v) is 8.75. The van der Waals surface area contributed by atoms with Crippen LogP contribution < -0.4 is 33.8 Å². The number of fused-ring (bicyclic) bond motifs is 1. The first kappa shape index (κ1) is 33.5. The summed E-state index contributed by atoms with van der Waals surface area (Å²) in [6.07, 6.45) is 1.79. The second kappa shape index (κ2) is 14.3. The molecule has 0 unspecified atom stereocenters. The second-order valence-corrected chi connectivity index (χ2v) is 13.0. The predicted octanol–water partition coefficient (Wildman–Crippen LogP) is 5.57. The fourth-order valence-electron chi connectivity index (χ4n) is 5.30. The van der Waals surface area contributed by atoms with E-state index in [4.69, 9.17) is 23.7 Å². The van der Waals surface area contributed by atoms with Crippen molar-refractivity contribution in [2.24, 2.45) is 4.99 Å². The number of methoxy groups -OCH3 is 2. The second-order valence-electron chi connectivity index (χ2n) is 12.0. The Labute approximate surface area is 278 Å². The van der Waals surface area contributed by atoms with Crippen LogP contribution >= 0.6 is 11.3 Å². The Hall–Kier alpha value is -4.83. The highest BCUT2D eigenvalue weighted by Gasteiger charge is 2.33. The highest BCUT2D eigenvalue weighted by Crippen LogP contribution is 2.32. The minimum absolute atomic E-state index is 0.0810. The van der Waals surface area contributed by atoms with Crippen LogP contribution in [0.15, 0.2) is 87.8 Å². The molecule has 0 radical (unpaired) electrons. The summed E-state index contributed by atoms with van der Waals surface area (Å²) >= 11 is 1.26. The van der Waals surface area contributed by atoms with Crippen molar-refractivity contribution in [2.75, 3.05) is 34.0 Å². The van der Waals surface area contributed by atoms with E-state index in [1.165, 1.54) is 16.9 Å². The van der Waals surface area contributed by atoms with Gasteiger partial charge in [0.25, 0.3) is 5.56 Å². The number of aromatic nitrogens is 1. The van der Waals surface area contributed by atoms with Gasteiger partial charge in [0.2, 0.25) is 0 Å². The van der Waals surface area contributed by atoms with E-state index in [1.807, 2.05) is 42.5 Å². The van der Waals surface area contributed by atoms with Crippen LogP contribution in [-0.2, 0) is 14.9 Å². The van der Waals surface area contributed by atoms with Crippen LogP contribution in [0.5, 0.6) is 23.0 Å². The van der Waals surface area contributed by atoms with E-state index in [9.17, 15) is 9.59 Å². The first-order valence-electron chi connectivity index (χ1n) is 15.4. The molecule has 9 nitrogen and oxygen atoms in total. The SMILES string of the molecule is CCOC(=O)C1=C(C)N=c2s/c(=C\c3ccc(OCCOc4ccc(C(C)(C)C)cc4)c(OC)c3)c(=O)n2[C@@H]1c1ccc(OC)cc1. The number of benzene rings is 3. The van der Waals surface area contributed by atoms with Crippen molar-refractivity contribution in [1.82, 2.24) is 4.57 Å². The van der Waals surface area contributed by atoms with Gasteiger partial charge < -0.3 is 23.7 Å². The van der Waals surface area contributed by atoms with Gasteiger partial charge in [-0.05, 0) is 78.4 Å². The van der Waals surface area contributed by atoms with E-state index in [0.29, 0.717) is 51.1 Å². The lowest BCUT2D eigenvalue weighted by Gasteiger charge is -2.24. The van der Waals surface area contributed by atoms with Gasteiger partial charge >= 0.3 is 5.97 Å². The average Bonchev–Trinajstić information content (AvgIpc) is 3.36. The number of hydrogen-bond donors (Lipinski definition) is 0. The van der Waals surface area contributed by atoms with Crippen LogP contribution in [0.1, 0.15) is 57.4 Å². The molecule has 1 aromatic heterocycles. The molecule has 0 bridgehead atoms. The summed E-state index contributed by atoms with van der Waals surface area (Å²) in [6.45, 7) is 10.9. The normalized spacial score (nSPS) is 14.7. The Kier molecular flexibility index (Phi) is 10.2. The number of carbonyl (C=O) groups excluding carboxylic acids is 1. The van der Waals surface area contributed by atoms with Crippen molar-refractivity contribution in [3.63, 3.8) is 0 Å². The first-order valence-corrected chi connectivity index (χ1v) is 16.2. The van der Waals surface area contributed by atoms with Gasteiger partial charge in [0, 0.05) is 0 Å². The average molecular weight is 657 g/mol. The molecule has 4 aromatic rings. The Bertz CT molecular complexity index is 1950. The van der Waals surface area contributed by atoms with Gasteiger partial charge in [-0.25, -0.2) is 9.79 Å². The van der Waals surface area contributed by atoms with Crippen molar-refractivity contribution >= 4 is 23.4 Å². The van der Waals surface area contributed by atoms with Crippen LogP contribution in [0.3, 0.4) is 0 Å². The number of ether oxygens (including phenoxy) is 5. The van der Waals surface area contributed by atoms with E-state index < -0.39 is 12.0 Å². The number of nitrogens with zero attached hydrogens (tertiary/aromatic N) is 2. The molecule has 1 aliphatic rings. The van der Waals surface area contributed by atoms with E-state index in [-0.39, 0.29) is 17.6 Å². The van der Waals surface area contributed by atoms with Gasteiger partial charge in [0.15, 0.2) is 16.3 Å². The molecular formula is C37H40N2O7S. The standard InChI is InChI=1S/C37H40N2O7S/c1-8-44-35(41)32-23(2)38-36-39(33(32)25-10-14-27(42-6)15-11-25)34(40)31(47-36)22-24-9-18-29(30(21-24)43-7)46-20-19-45-28-16-12-26(13-17-28)37(3,4)5/h9-18,21-22,33H,8,19-20H2,1-7H3/b31-22-/t33-/m1/s1. The summed E-state index contributed by atoms with van der Waals surface area (Å²) < 4.78 is 30.2. The van der Waals surface area contributed by atoms with E-state index >= 15 is 0 Å². The molecule has 3 aromatic carbocycles. The summed E-state index contributed by atoms with van der Waals surface area (Å²) in [6, 6.07) is 20.2. The Morgan fingerprint density at radius 2 is 1.60 bits per heavy atom. The van der Waals surface area contributed by atoms with E-state index in [0.717, 1.165) is 16.9 Å². The molecule has 246 valence electrons. The number of carbonyl (C=O) groups is 1. The number of esters is 1. The van der Waals surface area contributed by atoms with Gasteiger partial charge in [-0.1, -0.05) is 62.4 Å². The maximum atomic E-state index is 14.0. The summed E-state index contributed by atoms with van der Waals surface area (Å²) in [5.41, 5.74) is 3.37. The van der Waals surface area contributed by atoms with Crippen molar-refractivity contribution in [1.29, 1.82) is 0 Å². The third kappa shape index (κ3) is 7.44. The van der Waals surface area contributed by atoms with Crippen LogP contribution in [0, 0.1) is 0 Å². The zero-order valence-electron chi connectivity index (χ0n) is 27.8. The van der Waals surface area contributed by atoms with Gasteiger partial charge in [-0.2, -0.15) is 0 Å². The molecule has 0 N–H and O–H groups in total. The lowest BCUT2D eigenvalue weighted by atomic mass is 9.87. The molecule has 5 rings (SSSR count). The molecule has 0 fully saturated rings. The molecule has 47 heavy (non-hydrogen) atoms. The molecule has 0 aliphatic carbocycles. The quantitative estimate of drug-likeness (QED) is 0.154. The van der Waals surface area contributed by atoms with Crippen LogP contribution in [-0.4, -0.2) is 44.6 Å². The van der Waals surface area contributed by atoms with Crippen molar-refractivity contribution in [3.05, 3.63) is 114 Å². The number of rotatable bonds is 11. The topological polar surface area (TPSA) is 97.6 Å². The molecule has 0 spiro atoms. The van der Waals surface area contributed by atoms with E-state index in [2.05, 4.69) is 37.9 Å². The minimum atomic E-state index is -0.706. The summed E-state index contributed by atoms with van der Waals surface area (Å²) in [7, 11) is 3.16.